The number of Topliss-reactive ketones (excluding diaryl/α,β-unsaturated/α-hetero) is 1. The van der Waals surface area contributed by atoms with E-state index in [9.17, 15) is 4.79 Å². The minimum Gasteiger partial charge on any atom is -0.493 e. The van der Waals surface area contributed by atoms with Gasteiger partial charge in [0.15, 0.2) is 5.78 Å². The van der Waals surface area contributed by atoms with E-state index in [4.69, 9.17) is 16.3 Å². The monoisotopic (exact) mass is 352 g/mol. The first-order chi connectivity index (χ1) is 9.61. The summed E-state index contributed by atoms with van der Waals surface area (Å²) in [4.78, 5) is 12.5. The molecule has 0 radical (unpaired) electrons. The van der Waals surface area contributed by atoms with Crippen molar-refractivity contribution in [1.29, 1.82) is 0 Å². The lowest BCUT2D eigenvalue weighted by molar-refractivity contribution is 0.0989. The molecule has 0 spiro atoms. The molecule has 0 heterocycles. The van der Waals surface area contributed by atoms with Gasteiger partial charge in [-0.05, 0) is 36.8 Å². The highest BCUT2D eigenvalue weighted by Crippen LogP contribution is 2.26. The van der Waals surface area contributed by atoms with Gasteiger partial charge >= 0.3 is 0 Å². The predicted molar refractivity (Wildman–Crippen MR) is 84.8 cm³/mol. The van der Waals surface area contributed by atoms with E-state index in [0.717, 1.165) is 10.0 Å². The van der Waals surface area contributed by atoms with Crippen molar-refractivity contribution in [2.75, 3.05) is 6.61 Å². The van der Waals surface area contributed by atoms with Gasteiger partial charge in [-0.25, -0.2) is 0 Å². The third-order valence-corrected chi connectivity index (χ3v) is 3.71. The summed E-state index contributed by atoms with van der Waals surface area (Å²) in [5, 5.41) is 0.605. The van der Waals surface area contributed by atoms with E-state index in [1.807, 2.05) is 31.2 Å². The maximum atomic E-state index is 12.5. The van der Waals surface area contributed by atoms with Crippen molar-refractivity contribution in [2.45, 2.75) is 13.3 Å². The molecule has 20 heavy (non-hydrogen) atoms. The van der Waals surface area contributed by atoms with Gasteiger partial charge in [0, 0.05) is 15.9 Å². The lowest BCUT2D eigenvalue weighted by Crippen LogP contribution is -2.07. The standard InChI is InChI=1S/C16H14BrClO2/c1-2-20-16-8-7-12(17)10-13(16)15(19)9-11-5-3-4-6-14(11)18/h3-8,10H,2,9H2,1H3. The molecule has 0 aromatic heterocycles. The van der Waals surface area contributed by atoms with Gasteiger partial charge in [0.1, 0.15) is 5.75 Å². The molecule has 0 N–H and O–H groups in total. The van der Waals surface area contributed by atoms with Gasteiger partial charge in [0.05, 0.1) is 12.2 Å². The van der Waals surface area contributed by atoms with Gasteiger partial charge in [0.2, 0.25) is 0 Å². The summed E-state index contributed by atoms with van der Waals surface area (Å²) in [6.07, 6.45) is 0.260. The molecule has 0 aliphatic heterocycles. The van der Waals surface area contributed by atoms with Crippen LogP contribution in [0.1, 0.15) is 22.8 Å². The Morgan fingerprint density at radius 3 is 2.70 bits per heavy atom. The first-order valence-corrected chi connectivity index (χ1v) is 7.48. The maximum absolute atomic E-state index is 12.5. The SMILES string of the molecule is CCOc1ccc(Br)cc1C(=O)Cc1ccccc1Cl. The van der Waals surface area contributed by atoms with Crippen molar-refractivity contribution < 1.29 is 9.53 Å². The summed E-state index contributed by atoms with van der Waals surface area (Å²) in [6, 6.07) is 12.8. The molecular weight excluding hydrogens is 340 g/mol. The van der Waals surface area contributed by atoms with Crippen molar-refractivity contribution in [3.63, 3.8) is 0 Å². The molecule has 0 saturated heterocycles. The van der Waals surface area contributed by atoms with Crippen LogP contribution in [-0.2, 0) is 6.42 Å². The third kappa shape index (κ3) is 3.62. The van der Waals surface area contributed by atoms with Crippen molar-refractivity contribution >= 4 is 33.3 Å². The Morgan fingerprint density at radius 1 is 1.25 bits per heavy atom. The van der Waals surface area contributed by atoms with Crippen LogP contribution in [0.4, 0.5) is 0 Å². The van der Waals surface area contributed by atoms with E-state index < -0.39 is 0 Å². The average molecular weight is 354 g/mol. The minimum absolute atomic E-state index is 0.0112. The fourth-order valence-corrected chi connectivity index (χ4v) is 2.48. The number of carbonyl (C=O) groups excluding carboxylic acids is 1. The highest BCUT2D eigenvalue weighted by Gasteiger charge is 2.15. The van der Waals surface area contributed by atoms with Crippen LogP contribution in [0.3, 0.4) is 0 Å². The number of benzene rings is 2. The van der Waals surface area contributed by atoms with Gasteiger partial charge in [-0.3, -0.25) is 4.79 Å². The molecule has 2 aromatic carbocycles. The summed E-state index contributed by atoms with van der Waals surface area (Å²) < 4.78 is 6.36. The number of halogens is 2. The molecule has 0 aliphatic rings. The van der Waals surface area contributed by atoms with Crippen LogP contribution in [-0.4, -0.2) is 12.4 Å². The first kappa shape index (κ1) is 15.1. The van der Waals surface area contributed by atoms with E-state index in [0.29, 0.717) is 22.9 Å². The normalized spacial score (nSPS) is 10.3. The topological polar surface area (TPSA) is 26.3 Å². The molecule has 2 aromatic rings. The van der Waals surface area contributed by atoms with Crippen LogP contribution < -0.4 is 4.74 Å². The fourth-order valence-electron chi connectivity index (χ4n) is 1.91. The summed E-state index contributed by atoms with van der Waals surface area (Å²) in [5.74, 6) is 0.593. The van der Waals surface area contributed by atoms with Crippen LogP contribution >= 0.6 is 27.5 Å². The molecule has 0 aliphatic carbocycles. The molecule has 0 amide bonds. The van der Waals surface area contributed by atoms with Crippen LogP contribution in [0.25, 0.3) is 0 Å². The highest BCUT2D eigenvalue weighted by atomic mass is 79.9. The average Bonchev–Trinajstić information content (AvgIpc) is 2.43. The number of rotatable bonds is 5. The molecule has 0 unspecified atom stereocenters. The molecule has 104 valence electrons. The van der Waals surface area contributed by atoms with Gasteiger partial charge in [-0.1, -0.05) is 45.7 Å². The van der Waals surface area contributed by atoms with Crippen molar-refractivity contribution in [2.24, 2.45) is 0 Å². The van der Waals surface area contributed by atoms with Crippen molar-refractivity contribution in [3.8, 4) is 5.75 Å². The van der Waals surface area contributed by atoms with Gasteiger partial charge in [-0.15, -0.1) is 0 Å². The van der Waals surface area contributed by atoms with E-state index in [1.165, 1.54) is 0 Å². The van der Waals surface area contributed by atoms with E-state index in [1.54, 1.807) is 18.2 Å². The zero-order valence-electron chi connectivity index (χ0n) is 11.0. The highest BCUT2D eigenvalue weighted by molar-refractivity contribution is 9.10. The van der Waals surface area contributed by atoms with Crippen LogP contribution in [0, 0.1) is 0 Å². The molecule has 0 atom stereocenters. The molecule has 4 heteroatoms. The molecule has 2 rings (SSSR count). The Morgan fingerprint density at radius 2 is 2.00 bits per heavy atom. The summed E-state index contributed by atoms with van der Waals surface area (Å²) in [5.41, 5.74) is 1.39. The Hall–Kier alpha value is -1.32. The lowest BCUT2D eigenvalue weighted by atomic mass is 10.0. The van der Waals surface area contributed by atoms with Crippen LogP contribution in [0.5, 0.6) is 5.75 Å². The number of hydrogen-bond acceptors (Lipinski definition) is 2. The molecule has 0 fully saturated rings. The number of ether oxygens (including phenoxy) is 1. The Labute approximate surface area is 131 Å². The smallest absolute Gasteiger partial charge is 0.171 e. The second-order valence-electron chi connectivity index (χ2n) is 4.26. The van der Waals surface area contributed by atoms with Gasteiger partial charge in [-0.2, -0.15) is 0 Å². The first-order valence-electron chi connectivity index (χ1n) is 6.30. The fraction of sp³-hybridized carbons (Fsp3) is 0.188. The molecular formula is C16H14BrClO2. The summed E-state index contributed by atoms with van der Waals surface area (Å²) in [7, 11) is 0. The largest absolute Gasteiger partial charge is 0.493 e. The predicted octanol–water partition coefficient (Wildman–Crippen LogP) is 4.93. The Bertz CT molecular complexity index is 626. The zero-order chi connectivity index (χ0) is 14.5. The van der Waals surface area contributed by atoms with Gasteiger partial charge < -0.3 is 4.74 Å². The number of carbonyl (C=O) groups is 1. The second kappa shape index (κ2) is 6.91. The van der Waals surface area contributed by atoms with E-state index >= 15 is 0 Å². The second-order valence-corrected chi connectivity index (χ2v) is 5.59. The summed E-state index contributed by atoms with van der Waals surface area (Å²) >= 11 is 9.48. The number of hydrogen-bond donors (Lipinski definition) is 0. The zero-order valence-corrected chi connectivity index (χ0v) is 13.4. The molecule has 2 nitrogen and oxygen atoms in total. The van der Waals surface area contributed by atoms with Crippen LogP contribution in [0.15, 0.2) is 46.9 Å². The summed E-state index contributed by atoms with van der Waals surface area (Å²) in [6.45, 7) is 2.42. The van der Waals surface area contributed by atoms with E-state index in [2.05, 4.69) is 15.9 Å². The Kier molecular flexibility index (Phi) is 5.21. The number of ketones is 1. The van der Waals surface area contributed by atoms with Crippen molar-refractivity contribution in [1.82, 2.24) is 0 Å². The molecule has 0 saturated carbocycles. The lowest BCUT2D eigenvalue weighted by Gasteiger charge is -2.10. The Balaban J connectivity index is 2.29. The van der Waals surface area contributed by atoms with Gasteiger partial charge in [0.25, 0.3) is 0 Å². The maximum Gasteiger partial charge on any atom is 0.171 e. The molecule has 0 bridgehead atoms. The van der Waals surface area contributed by atoms with Crippen molar-refractivity contribution in [3.05, 3.63) is 63.1 Å². The third-order valence-electron chi connectivity index (χ3n) is 2.85. The quantitative estimate of drug-likeness (QED) is 0.713. The minimum atomic E-state index is -0.0112. The van der Waals surface area contributed by atoms with Crippen LogP contribution in [0.2, 0.25) is 5.02 Å². The van der Waals surface area contributed by atoms with E-state index in [-0.39, 0.29) is 12.2 Å².